The number of nitrogens with zero attached hydrogens (tertiary/aromatic N) is 3. The Labute approximate surface area is 166 Å². The summed E-state index contributed by atoms with van der Waals surface area (Å²) in [6, 6.07) is 8.85. The minimum atomic E-state index is 0. The van der Waals surface area contributed by atoms with Crippen LogP contribution in [-0.4, -0.2) is 55.1 Å². The van der Waals surface area contributed by atoms with Gasteiger partial charge in [0.1, 0.15) is 5.52 Å². The van der Waals surface area contributed by atoms with Gasteiger partial charge in [-0.3, -0.25) is 4.79 Å². The van der Waals surface area contributed by atoms with Crippen molar-refractivity contribution >= 4 is 47.8 Å². The number of carbonyl (C=O) groups is 1. The Morgan fingerprint density at radius 3 is 2.62 bits per heavy atom. The quantitative estimate of drug-likeness (QED) is 0.857. The van der Waals surface area contributed by atoms with E-state index in [4.69, 9.17) is 4.42 Å². The number of halogens is 2. The molecule has 2 aliphatic heterocycles. The number of aromatic nitrogens is 1. The Bertz CT molecular complexity index is 692. The highest BCUT2D eigenvalue weighted by molar-refractivity contribution is 5.85. The fourth-order valence-electron chi connectivity index (χ4n) is 3.75. The largest absolute Gasteiger partial charge is 0.423 e. The molecule has 3 heterocycles. The molecule has 2 aliphatic rings. The van der Waals surface area contributed by atoms with E-state index >= 15 is 0 Å². The van der Waals surface area contributed by atoms with E-state index in [1.54, 1.807) is 0 Å². The number of para-hydroxylation sites is 2. The fraction of sp³-hybridized carbons (Fsp3) is 0.556. The number of anilines is 1. The van der Waals surface area contributed by atoms with Crippen molar-refractivity contribution in [3.8, 4) is 0 Å². The lowest BCUT2D eigenvalue weighted by Gasteiger charge is -2.34. The minimum absolute atomic E-state index is 0. The number of amides is 1. The summed E-state index contributed by atoms with van der Waals surface area (Å²) in [4.78, 5) is 21.4. The zero-order valence-electron chi connectivity index (χ0n) is 14.9. The summed E-state index contributed by atoms with van der Waals surface area (Å²) in [7, 11) is 1.95. The van der Waals surface area contributed by atoms with E-state index in [0.29, 0.717) is 18.0 Å². The third-order valence-electron chi connectivity index (χ3n) is 5.33. The van der Waals surface area contributed by atoms with Gasteiger partial charge in [-0.1, -0.05) is 12.1 Å². The molecule has 1 N–H and O–H groups in total. The molecular formula is C18H26Cl2N4O2. The van der Waals surface area contributed by atoms with Gasteiger partial charge in [0.05, 0.1) is 0 Å². The lowest BCUT2D eigenvalue weighted by Crippen LogP contribution is -2.45. The molecule has 2 saturated heterocycles. The average molecular weight is 401 g/mol. The van der Waals surface area contributed by atoms with Gasteiger partial charge in [-0.15, -0.1) is 24.8 Å². The van der Waals surface area contributed by atoms with Crippen LogP contribution >= 0.6 is 24.8 Å². The summed E-state index contributed by atoms with van der Waals surface area (Å²) in [6.45, 7) is 3.57. The predicted octanol–water partition coefficient (Wildman–Crippen LogP) is 2.71. The second-order valence-corrected chi connectivity index (χ2v) is 6.82. The summed E-state index contributed by atoms with van der Waals surface area (Å²) >= 11 is 0. The van der Waals surface area contributed by atoms with Crippen LogP contribution in [0.25, 0.3) is 11.1 Å². The van der Waals surface area contributed by atoms with E-state index in [-0.39, 0.29) is 30.7 Å². The fourth-order valence-corrected chi connectivity index (χ4v) is 3.75. The van der Waals surface area contributed by atoms with Gasteiger partial charge in [0.25, 0.3) is 6.01 Å². The molecular weight excluding hydrogens is 375 g/mol. The predicted molar refractivity (Wildman–Crippen MR) is 107 cm³/mol. The number of oxazole rings is 1. The van der Waals surface area contributed by atoms with E-state index in [9.17, 15) is 4.79 Å². The van der Waals surface area contributed by atoms with Crippen molar-refractivity contribution in [3.05, 3.63) is 24.3 Å². The molecule has 1 unspecified atom stereocenters. The Kier molecular flexibility index (Phi) is 7.15. The number of rotatable bonds is 3. The third-order valence-corrected chi connectivity index (χ3v) is 5.33. The summed E-state index contributed by atoms with van der Waals surface area (Å²) in [6.07, 6.45) is 2.79. The van der Waals surface area contributed by atoms with Crippen LogP contribution in [0.2, 0.25) is 0 Å². The average Bonchev–Trinajstić information content (AvgIpc) is 3.30. The van der Waals surface area contributed by atoms with Gasteiger partial charge in [-0.05, 0) is 37.9 Å². The number of piperidine rings is 1. The molecule has 1 aromatic heterocycles. The van der Waals surface area contributed by atoms with Crippen LogP contribution < -0.4 is 10.2 Å². The lowest BCUT2D eigenvalue weighted by atomic mass is 9.95. The number of hydrogen-bond acceptors (Lipinski definition) is 5. The SMILES string of the molecule is CN(C(=O)C1CCN(c2nc3ccccc3o2)CC1)C1CCNC1.Cl.Cl. The molecule has 8 heteroatoms. The van der Waals surface area contributed by atoms with E-state index in [2.05, 4.69) is 15.2 Å². The number of fused-ring (bicyclic) bond motifs is 1. The monoisotopic (exact) mass is 400 g/mol. The molecule has 0 spiro atoms. The highest BCUT2D eigenvalue weighted by Crippen LogP contribution is 2.27. The molecule has 1 aromatic carbocycles. The van der Waals surface area contributed by atoms with Crippen molar-refractivity contribution in [2.45, 2.75) is 25.3 Å². The first-order chi connectivity index (χ1) is 11.7. The summed E-state index contributed by atoms with van der Waals surface area (Å²) in [5.74, 6) is 0.414. The highest BCUT2D eigenvalue weighted by Gasteiger charge is 2.32. The van der Waals surface area contributed by atoms with Crippen molar-refractivity contribution in [2.24, 2.45) is 5.92 Å². The number of likely N-dealkylation sites (N-methyl/N-ethyl adjacent to an activating group) is 1. The normalized spacial score (nSPS) is 20.5. The zero-order valence-corrected chi connectivity index (χ0v) is 16.5. The zero-order chi connectivity index (χ0) is 16.5. The van der Waals surface area contributed by atoms with E-state index in [1.807, 2.05) is 36.2 Å². The summed E-state index contributed by atoms with van der Waals surface area (Å²) in [5, 5.41) is 3.33. The molecule has 144 valence electrons. The molecule has 1 amide bonds. The molecule has 6 nitrogen and oxygen atoms in total. The Morgan fingerprint density at radius 2 is 1.96 bits per heavy atom. The molecule has 1 atom stereocenters. The minimum Gasteiger partial charge on any atom is -0.423 e. The van der Waals surface area contributed by atoms with Crippen LogP contribution in [0.4, 0.5) is 6.01 Å². The second kappa shape index (κ2) is 8.93. The van der Waals surface area contributed by atoms with Crippen LogP contribution in [0.15, 0.2) is 28.7 Å². The van der Waals surface area contributed by atoms with Crippen LogP contribution in [0.5, 0.6) is 0 Å². The molecule has 2 fully saturated rings. The van der Waals surface area contributed by atoms with E-state index < -0.39 is 0 Å². The summed E-state index contributed by atoms with van der Waals surface area (Å²) in [5.41, 5.74) is 1.71. The van der Waals surface area contributed by atoms with Gasteiger partial charge in [0.15, 0.2) is 5.58 Å². The van der Waals surface area contributed by atoms with Crippen molar-refractivity contribution < 1.29 is 9.21 Å². The molecule has 0 saturated carbocycles. The van der Waals surface area contributed by atoms with Crippen LogP contribution in [0.3, 0.4) is 0 Å². The lowest BCUT2D eigenvalue weighted by molar-refractivity contribution is -0.136. The molecule has 0 radical (unpaired) electrons. The van der Waals surface area contributed by atoms with E-state index in [0.717, 1.165) is 56.5 Å². The standard InChI is InChI=1S/C18H24N4O2.2ClH/c1-21(14-6-9-19-12-14)17(23)13-7-10-22(11-8-13)18-20-15-4-2-3-5-16(15)24-18;;/h2-5,13-14,19H,6-12H2,1H3;2*1H. The van der Waals surface area contributed by atoms with Crippen LogP contribution in [-0.2, 0) is 4.79 Å². The van der Waals surface area contributed by atoms with Crippen molar-refractivity contribution in [2.75, 3.05) is 38.1 Å². The van der Waals surface area contributed by atoms with Crippen LogP contribution in [0.1, 0.15) is 19.3 Å². The number of carbonyl (C=O) groups excluding carboxylic acids is 1. The van der Waals surface area contributed by atoms with Gasteiger partial charge in [0, 0.05) is 38.6 Å². The number of nitrogens with one attached hydrogen (secondary N) is 1. The van der Waals surface area contributed by atoms with Crippen molar-refractivity contribution in [1.82, 2.24) is 15.2 Å². The smallest absolute Gasteiger partial charge is 0.298 e. The van der Waals surface area contributed by atoms with Crippen LogP contribution in [0, 0.1) is 5.92 Å². The molecule has 0 bridgehead atoms. The highest BCUT2D eigenvalue weighted by atomic mass is 35.5. The molecule has 0 aliphatic carbocycles. The van der Waals surface area contributed by atoms with Gasteiger partial charge in [0.2, 0.25) is 5.91 Å². The first kappa shape index (κ1) is 20.8. The van der Waals surface area contributed by atoms with Gasteiger partial charge in [-0.2, -0.15) is 4.98 Å². The Morgan fingerprint density at radius 1 is 1.23 bits per heavy atom. The van der Waals surface area contributed by atoms with E-state index in [1.165, 1.54) is 0 Å². The molecule has 4 rings (SSSR count). The first-order valence-corrected chi connectivity index (χ1v) is 8.80. The number of hydrogen-bond donors (Lipinski definition) is 1. The maximum Gasteiger partial charge on any atom is 0.298 e. The Hall–Kier alpha value is -1.50. The topological polar surface area (TPSA) is 61.6 Å². The first-order valence-electron chi connectivity index (χ1n) is 8.80. The third kappa shape index (κ3) is 4.08. The van der Waals surface area contributed by atoms with Gasteiger partial charge in [-0.25, -0.2) is 0 Å². The van der Waals surface area contributed by atoms with Gasteiger partial charge < -0.3 is 19.5 Å². The maximum absolute atomic E-state index is 12.7. The van der Waals surface area contributed by atoms with Gasteiger partial charge >= 0.3 is 0 Å². The molecule has 26 heavy (non-hydrogen) atoms. The molecule has 2 aromatic rings. The second-order valence-electron chi connectivity index (χ2n) is 6.82. The Balaban J connectivity index is 0.00000121. The van der Waals surface area contributed by atoms with Crippen molar-refractivity contribution in [3.63, 3.8) is 0 Å². The van der Waals surface area contributed by atoms with Crippen molar-refractivity contribution in [1.29, 1.82) is 0 Å². The summed E-state index contributed by atoms with van der Waals surface area (Å²) < 4.78 is 5.84. The maximum atomic E-state index is 12.7. The number of benzene rings is 1.